The molecule has 1 radical (unpaired) electrons. The van der Waals surface area contributed by atoms with Crippen LogP contribution in [-0.4, -0.2) is 6.61 Å². The Labute approximate surface area is 101 Å². The van der Waals surface area contributed by atoms with Crippen LogP contribution in [0.1, 0.15) is 32.3 Å². The van der Waals surface area contributed by atoms with E-state index < -0.39 is 0 Å². The van der Waals surface area contributed by atoms with E-state index in [2.05, 4.69) is 31.0 Å². The van der Waals surface area contributed by atoms with Crippen molar-refractivity contribution in [3.8, 4) is 0 Å². The van der Waals surface area contributed by atoms with Crippen LogP contribution < -0.4 is 10.6 Å². The van der Waals surface area contributed by atoms with Gasteiger partial charge in [0.2, 0.25) is 0 Å². The monoisotopic (exact) mass is 230 g/mol. The quantitative estimate of drug-likeness (QED) is 0.731. The normalized spacial score (nSPS) is 16.2. The molecule has 89 valence electrons. The van der Waals surface area contributed by atoms with E-state index in [0.717, 1.165) is 10.6 Å². The molecule has 1 aliphatic rings. The first-order chi connectivity index (χ1) is 8.11. The fraction of sp³-hybridized carbons (Fsp3) is 0.357. The number of rotatable bonds is 3. The maximum absolute atomic E-state index is 11.5. The predicted molar refractivity (Wildman–Crippen MR) is 65.1 cm³/mol. The summed E-state index contributed by atoms with van der Waals surface area (Å²) >= 11 is 0. The number of nitrogens with zero attached hydrogens (tertiary/aromatic N) is 1. The summed E-state index contributed by atoms with van der Waals surface area (Å²) in [5.74, 6) is 0.121. The molecule has 0 amide bonds. The van der Waals surface area contributed by atoms with Gasteiger partial charge in [-0.3, -0.25) is 0 Å². The van der Waals surface area contributed by atoms with Gasteiger partial charge in [0.25, 0.3) is 0 Å². The summed E-state index contributed by atoms with van der Waals surface area (Å²) in [6.45, 7) is 6.45. The SMILES string of the molecule is CCOC([O])=C1C=c2cc(C(C)C)ccc2=N1. The first kappa shape index (κ1) is 11.7. The van der Waals surface area contributed by atoms with Gasteiger partial charge < -0.3 is 4.74 Å². The summed E-state index contributed by atoms with van der Waals surface area (Å²) in [6, 6.07) is 6.08. The Morgan fingerprint density at radius 3 is 2.82 bits per heavy atom. The van der Waals surface area contributed by atoms with Gasteiger partial charge in [0.05, 0.1) is 12.0 Å². The summed E-state index contributed by atoms with van der Waals surface area (Å²) in [5, 5.41) is 13.4. The first-order valence-corrected chi connectivity index (χ1v) is 5.86. The molecule has 0 N–H and O–H groups in total. The molecule has 1 aromatic carbocycles. The van der Waals surface area contributed by atoms with Crippen LogP contribution in [0.2, 0.25) is 0 Å². The van der Waals surface area contributed by atoms with E-state index in [1.807, 2.05) is 6.07 Å². The summed E-state index contributed by atoms with van der Waals surface area (Å²) in [6.07, 6.45) is 1.79. The molecule has 2 rings (SSSR count). The Balaban J connectivity index is 2.47. The summed E-state index contributed by atoms with van der Waals surface area (Å²) in [7, 11) is 0. The van der Waals surface area contributed by atoms with Crippen LogP contribution in [0, 0.1) is 0 Å². The van der Waals surface area contributed by atoms with Crippen molar-refractivity contribution in [1.82, 2.24) is 0 Å². The highest BCUT2D eigenvalue weighted by Crippen LogP contribution is 2.13. The third-order valence-electron chi connectivity index (χ3n) is 2.74. The number of ether oxygens (including phenoxy) is 1. The van der Waals surface area contributed by atoms with Crippen molar-refractivity contribution in [1.29, 1.82) is 0 Å². The van der Waals surface area contributed by atoms with E-state index in [1.54, 1.807) is 13.0 Å². The third-order valence-corrected chi connectivity index (χ3v) is 2.74. The minimum Gasteiger partial charge on any atom is -0.461 e. The van der Waals surface area contributed by atoms with E-state index in [0.29, 0.717) is 18.2 Å². The van der Waals surface area contributed by atoms with Gasteiger partial charge in [0.15, 0.2) is 0 Å². The molecule has 1 aromatic rings. The van der Waals surface area contributed by atoms with E-state index in [9.17, 15) is 5.11 Å². The lowest BCUT2D eigenvalue weighted by molar-refractivity contribution is 0.0571. The van der Waals surface area contributed by atoms with Crippen molar-refractivity contribution in [3.63, 3.8) is 0 Å². The number of hydrogen-bond acceptors (Lipinski definition) is 2. The molecule has 17 heavy (non-hydrogen) atoms. The van der Waals surface area contributed by atoms with Crippen molar-refractivity contribution in [2.75, 3.05) is 6.61 Å². The molecular weight excluding hydrogens is 214 g/mol. The van der Waals surface area contributed by atoms with Crippen molar-refractivity contribution in [2.45, 2.75) is 26.7 Å². The molecule has 0 saturated heterocycles. The molecule has 0 bridgehead atoms. The highest BCUT2D eigenvalue weighted by atomic mass is 16.6. The predicted octanol–water partition coefficient (Wildman–Crippen LogP) is 1.86. The lowest BCUT2D eigenvalue weighted by Crippen LogP contribution is -2.21. The minimum absolute atomic E-state index is 0.352. The van der Waals surface area contributed by atoms with Crippen LogP contribution in [0.25, 0.3) is 6.08 Å². The van der Waals surface area contributed by atoms with Gasteiger partial charge in [-0.15, -0.1) is 0 Å². The Morgan fingerprint density at radius 1 is 1.41 bits per heavy atom. The molecule has 0 aliphatic carbocycles. The number of hydrogen-bond donors (Lipinski definition) is 0. The Hall–Kier alpha value is -1.77. The zero-order chi connectivity index (χ0) is 12.4. The van der Waals surface area contributed by atoms with Crippen molar-refractivity contribution in [3.05, 3.63) is 46.0 Å². The van der Waals surface area contributed by atoms with E-state index in [1.165, 1.54) is 5.56 Å². The average molecular weight is 230 g/mol. The molecule has 0 fully saturated rings. The lowest BCUT2D eigenvalue weighted by atomic mass is 10.0. The van der Waals surface area contributed by atoms with Crippen LogP contribution in [-0.2, 0) is 9.84 Å². The number of benzene rings is 1. The zero-order valence-corrected chi connectivity index (χ0v) is 10.4. The van der Waals surface area contributed by atoms with E-state index in [-0.39, 0.29) is 5.95 Å². The van der Waals surface area contributed by atoms with Gasteiger partial charge in [-0.1, -0.05) is 19.9 Å². The van der Waals surface area contributed by atoms with Crippen LogP contribution in [0.3, 0.4) is 0 Å². The third kappa shape index (κ3) is 2.33. The van der Waals surface area contributed by atoms with Crippen LogP contribution in [0.5, 0.6) is 0 Å². The Kier molecular flexibility index (Phi) is 3.18. The molecule has 0 aromatic heterocycles. The highest BCUT2D eigenvalue weighted by molar-refractivity contribution is 5.50. The van der Waals surface area contributed by atoms with Gasteiger partial charge in [-0.2, -0.15) is 0 Å². The molecular formula is C14H16NO2. The topological polar surface area (TPSA) is 41.5 Å². The second-order valence-corrected chi connectivity index (χ2v) is 4.33. The largest absolute Gasteiger partial charge is 0.461 e. The van der Waals surface area contributed by atoms with E-state index in [4.69, 9.17) is 4.74 Å². The van der Waals surface area contributed by atoms with Gasteiger partial charge >= 0.3 is 5.95 Å². The average Bonchev–Trinajstić information content (AvgIpc) is 2.71. The van der Waals surface area contributed by atoms with Crippen molar-refractivity contribution >= 4 is 6.08 Å². The maximum Gasteiger partial charge on any atom is 0.356 e. The molecule has 0 unspecified atom stereocenters. The Bertz CT molecular complexity index is 570. The van der Waals surface area contributed by atoms with Crippen LogP contribution in [0.15, 0.2) is 34.8 Å². The van der Waals surface area contributed by atoms with Crippen LogP contribution >= 0.6 is 0 Å². The van der Waals surface area contributed by atoms with Gasteiger partial charge in [-0.05, 0) is 36.6 Å². The number of allylic oxidation sites excluding steroid dienone is 1. The standard InChI is InChI=1S/C14H16NO2/c1-4-17-14(16)13-8-11-7-10(9(2)3)5-6-12(11)15-13/h5-9H,4H2,1-3H3. The molecule has 1 heterocycles. The molecule has 0 spiro atoms. The minimum atomic E-state index is -0.352. The Morgan fingerprint density at radius 2 is 2.18 bits per heavy atom. The summed E-state index contributed by atoms with van der Waals surface area (Å²) in [5.41, 5.74) is 1.64. The van der Waals surface area contributed by atoms with Crippen LogP contribution in [0.4, 0.5) is 0 Å². The van der Waals surface area contributed by atoms with E-state index >= 15 is 0 Å². The fourth-order valence-electron chi connectivity index (χ4n) is 1.77. The maximum atomic E-state index is 11.5. The molecule has 3 nitrogen and oxygen atoms in total. The lowest BCUT2D eigenvalue weighted by Gasteiger charge is -2.02. The smallest absolute Gasteiger partial charge is 0.356 e. The zero-order valence-electron chi connectivity index (χ0n) is 10.4. The van der Waals surface area contributed by atoms with Crippen molar-refractivity contribution in [2.24, 2.45) is 4.99 Å². The number of fused-ring (bicyclic) bond motifs is 1. The molecule has 0 saturated carbocycles. The fourth-order valence-corrected chi connectivity index (χ4v) is 1.77. The van der Waals surface area contributed by atoms with Gasteiger partial charge in [-0.25, -0.2) is 10.1 Å². The molecule has 3 heteroatoms. The molecule has 0 atom stereocenters. The summed E-state index contributed by atoms with van der Waals surface area (Å²) in [4.78, 5) is 4.26. The molecule has 1 aliphatic heterocycles. The van der Waals surface area contributed by atoms with Gasteiger partial charge in [0, 0.05) is 5.22 Å². The van der Waals surface area contributed by atoms with Gasteiger partial charge in [0.1, 0.15) is 5.70 Å². The van der Waals surface area contributed by atoms with Crippen molar-refractivity contribution < 1.29 is 9.84 Å². The second kappa shape index (κ2) is 4.62. The summed E-state index contributed by atoms with van der Waals surface area (Å²) < 4.78 is 4.93. The highest BCUT2D eigenvalue weighted by Gasteiger charge is 2.10. The second-order valence-electron chi connectivity index (χ2n) is 4.33. The first-order valence-electron chi connectivity index (χ1n) is 5.86.